The van der Waals surface area contributed by atoms with Crippen molar-refractivity contribution in [3.8, 4) is 17.4 Å². The molecule has 166 valence electrons. The number of nitrogens with one attached hydrogen (secondary N) is 1. The normalized spacial score (nSPS) is 10.9. The first-order chi connectivity index (χ1) is 16.4. The lowest BCUT2D eigenvalue weighted by molar-refractivity contribution is 0.101. The Hall–Kier alpha value is -4.91. The van der Waals surface area contributed by atoms with Crippen molar-refractivity contribution in [2.75, 3.05) is 5.32 Å². The van der Waals surface area contributed by atoms with Gasteiger partial charge in [0.15, 0.2) is 22.9 Å². The Labute approximate surface area is 194 Å². The number of carbonyl (C=O) groups excluding carboxylic acids is 1. The third kappa shape index (κ3) is 3.75. The van der Waals surface area contributed by atoms with Crippen molar-refractivity contribution in [3.05, 3.63) is 77.6 Å². The number of imidazole rings is 1. The lowest BCUT2D eigenvalue weighted by Crippen LogP contribution is -2.08. The second-order valence-corrected chi connectivity index (χ2v) is 7.82. The predicted molar refractivity (Wildman–Crippen MR) is 125 cm³/mol. The molecule has 0 fully saturated rings. The first kappa shape index (κ1) is 21.0. The summed E-state index contributed by atoms with van der Waals surface area (Å²) in [5.74, 6) is 0.514. The summed E-state index contributed by atoms with van der Waals surface area (Å²) in [7, 11) is 0. The molecule has 0 bridgehead atoms. The molecular formula is C24H19N9O. The molecule has 1 aromatic carbocycles. The molecule has 5 rings (SSSR count). The highest BCUT2D eigenvalue weighted by molar-refractivity contribution is 5.98. The fraction of sp³-hybridized carbons (Fsp3) is 0.125. The number of ketones is 1. The molecule has 0 saturated carbocycles. The zero-order valence-electron chi connectivity index (χ0n) is 18.7. The quantitative estimate of drug-likeness (QED) is 0.401. The van der Waals surface area contributed by atoms with Gasteiger partial charge in [-0.3, -0.25) is 9.36 Å². The molecule has 4 heterocycles. The van der Waals surface area contributed by atoms with Crippen LogP contribution in [0.1, 0.15) is 34.4 Å². The monoisotopic (exact) mass is 449 g/mol. The highest BCUT2D eigenvalue weighted by atomic mass is 16.1. The summed E-state index contributed by atoms with van der Waals surface area (Å²) in [6.45, 7) is 5.22. The number of pyridine rings is 1. The van der Waals surface area contributed by atoms with Crippen LogP contribution in [0, 0.1) is 25.2 Å². The van der Waals surface area contributed by atoms with Gasteiger partial charge in [0.05, 0.1) is 29.0 Å². The van der Waals surface area contributed by atoms with Gasteiger partial charge in [0, 0.05) is 11.3 Å². The van der Waals surface area contributed by atoms with Gasteiger partial charge in [0.25, 0.3) is 0 Å². The molecule has 0 radical (unpaired) electrons. The Balaban J connectivity index is 1.55. The Morgan fingerprint density at radius 1 is 1.06 bits per heavy atom. The minimum atomic E-state index is -0.0986. The van der Waals surface area contributed by atoms with Gasteiger partial charge in [-0.1, -0.05) is 0 Å². The number of aromatic nitrogens is 7. The number of benzene rings is 1. The lowest BCUT2D eigenvalue weighted by atomic mass is 10.1. The largest absolute Gasteiger partial charge is 0.337 e. The van der Waals surface area contributed by atoms with Crippen molar-refractivity contribution in [2.45, 2.75) is 20.8 Å². The number of fused-ring (bicyclic) bond motifs is 1. The van der Waals surface area contributed by atoms with E-state index in [2.05, 4.69) is 30.6 Å². The van der Waals surface area contributed by atoms with Crippen LogP contribution >= 0.6 is 0 Å². The number of hydrogen-bond acceptors (Lipinski definition) is 8. The highest BCUT2D eigenvalue weighted by Crippen LogP contribution is 2.25. The van der Waals surface area contributed by atoms with Gasteiger partial charge in [-0.2, -0.15) is 15.5 Å². The fourth-order valence-electron chi connectivity index (χ4n) is 3.69. The minimum Gasteiger partial charge on any atom is -0.337 e. The lowest BCUT2D eigenvalue weighted by Gasteiger charge is -2.12. The summed E-state index contributed by atoms with van der Waals surface area (Å²) < 4.78 is 3.44. The summed E-state index contributed by atoms with van der Waals surface area (Å²) in [5.41, 5.74) is 5.78. The first-order valence-corrected chi connectivity index (χ1v) is 10.5. The topological polar surface area (TPSA) is 127 Å². The molecule has 0 atom stereocenters. The predicted octanol–water partition coefficient (Wildman–Crippen LogP) is 3.83. The third-order valence-electron chi connectivity index (χ3n) is 5.33. The van der Waals surface area contributed by atoms with E-state index in [0.29, 0.717) is 28.2 Å². The van der Waals surface area contributed by atoms with Crippen LogP contribution in [0.4, 0.5) is 11.5 Å². The Morgan fingerprint density at radius 3 is 2.62 bits per heavy atom. The van der Waals surface area contributed by atoms with Gasteiger partial charge < -0.3 is 5.32 Å². The number of Topliss-reactive ketones (excluding diaryl/α,β-unsaturated/α-hetero) is 1. The molecule has 4 aromatic heterocycles. The highest BCUT2D eigenvalue weighted by Gasteiger charge is 2.16. The molecule has 0 saturated heterocycles. The van der Waals surface area contributed by atoms with E-state index in [1.165, 1.54) is 6.92 Å². The van der Waals surface area contributed by atoms with Crippen molar-refractivity contribution >= 4 is 28.5 Å². The minimum absolute atomic E-state index is 0.0986. The zero-order valence-corrected chi connectivity index (χ0v) is 18.7. The van der Waals surface area contributed by atoms with E-state index < -0.39 is 0 Å². The van der Waals surface area contributed by atoms with Crippen LogP contribution in [0.3, 0.4) is 0 Å². The third-order valence-corrected chi connectivity index (χ3v) is 5.33. The second-order valence-electron chi connectivity index (χ2n) is 7.82. The van der Waals surface area contributed by atoms with E-state index in [-0.39, 0.29) is 11.5 Å². The maximum Gasteiger partial charge on any atom is 0.164 e. The van der Waals surface area contributed by atoms with Crippen molar-refractivity contribution in [1.82, 2.24) is 34.5 Å². The van der Waals surface area contributed by atoms with Crippen molar-refractivity contribution in [3.63, 3.8) is 0 Å². The molecule has 34 heavy (non-hydrogen) atoms. The van der Waals surface area contributed by atoms with Crippen LogP contribution in [0.2, 0.25) is 0 Å². The van der Waals surface area contributed by atoms with E-state index >= 15 is 0 Å². The van der Waals surface area contributed by atoms with Crippen molar-refractivity contribution < 1.29 is 4.79 Å². The molecule has 10 nitrogen and oxygen atoms in total. The number of nitrogens with zero attached hydrogens (tertiary/aromatic N) is 8. The Kier molecular flexibility index (Phi) is 5.07. The summed E-state index contributed by atoms with van der Waals surface area (Å²) in [6.07, 6.45) is 3.38. The number of aryl methyl sites for hydroxylation is 2. The average molecular weight is 449 g/mol. The number of nitriles is 1. The van der Waals surface area contributed by atoms with E-state index in [0.717, 1.165) is 22.8 Å². The second kappa shape index (κ2) is 8.22. The summed E-state index contributed by atoms with van der Waals surface area (Å²) in [5, 5.41) is 24.9. The van der Waals surface area contributed by atoms with Gasteiger partial charge in [0.2, 0.25) is 0 Å². The molecule has 10 heteroatoms. The van der Waals surface area contributed by atoms with Gasteiger partial charge in [-0.25, -0.2) is 14.6 Å². The molecule has 0 aliphatic heterocycles. The Bertz CT molecular complexity index is 1590. The molecule has 0 spiro atoms. The van der Waals surface area contributed by atoms with Crippen molar-refractivity contribution in [1.29, 1.82) is 5.26 Å². The van der Waals surface area contributed by atoms with Gasteiger partial charge in [-0.05, 0) is 63.2 Å². The molecular weight excluding hydrogens is 430 g/mol. The molecule has 0 unspecified atom stereocenters. The molecule has 1 N–H and O–H groups in total. The standard InChI is InChI=1S/C24H19N9O/c1-14-4-7-23(30-29-14)28-18-9-21-24(26-12-18)32(13-27-21)19-5-6-20(16(3)34)22(10-19)33-15(2)8-17(11-25)31-33/h4-10,12-13H,1-3H3,(H,28,30). The van der Waals surface area contributed by atoms with Crippen LogP contribution < -0.4 is 5.32 Å². The van der Waals surface area contributed by atoms with E-state index in [1.807, 2.05) is 54.8 Å². The maximum atomic E-state index is 12.3. The smallest absolute Gasteiger partial charge is 0.164 e. The van der Waals surface area contributed by atoms with Gasteiger partial charge in [0.1, 0.15) is 17.9 Å². The zero-order chi connectivity index (χ0) is 23.8. The molecule has 0 amide bonds. The Morgan fingerprint density at radius 2 is 1.91 bits per heavy atom. The van der Waals surface area contributed by atoms with Crippen LogP contribution in [0.15, 0.2) is 55.0 Å². The molecule has 5 aromatic rings. The summed E-state index contributed by atoms with van der Waals surface area (Å²) in [6, 6.07) is 14.7. The summed E-state index contributed by atoms with van der Waals surface area (Å²) >= 11 is 0. The maximum absolute atomic E-state index is 12.3. The molecule has 0 aliphatic carbocycles. The van der Waals surface area contributed by atoms with E-state index in [4.69, 9.17) is 0 Å². The molecule has 0 aliphatic rings. The number of carbonyl (C=O) groups is 1. The van der Waals surface area contributed by atoms with Crippen molar-refractivity contribution in [2.24, 2.45) is 0 Å². The van der Waals surface area contributed by atoms with Crippen LogP contribution in [0.25, 0.3) is 22.5 Å². The summed E-state index contributed by atoms with van der Waals surface area (Å²) in [4.78, 5) is 21.4. The SMILES string of the molecule is CC(=O)c1ccc(-n2cnc3cc(Nc4ccc(C)nn4)cnc32)cc1-n1nc(C#N)cc1C. The van der Waals surface area contributed by atoms with Crippen LogP contribution in [-0.4, -0.2) is 40.3 Å². The van der Waals surface area contributed by atoms with Gasteiger partial charge in [-0.15, -0.1) is 5.10 Å². The van der Waals surface area contributed by atoms with Gasteiger partial charge >= 0.3 is 0 Å². The van der Waals surface area contributed by atoms with Crippen LogP contribution in [0.5, 0.6) is 0 Å². The fourth-order valence-corrected chi connectivity index (χ4v) is 3.69. The first-order valence-electron chi connectivity index (χ1n) is 10.5. The average Bonchev–Trinajstić information content (AvgIpc) is 3.43. The van der Waals surface area contributed by atoms with E-state index in [1.54, 1.807) is 29.3 Å². The number of hydrogen-bond donors (Lipinski definition) is 1. The van der Waals surface area contributed by atoms with E-state index in [9.17, 15) is 10.1 Å². The van der Waals surface area contributed by atoms with Crippen LogP contribution in [-0.2, 0) is 0 Å². The number of rotatable bonds is 5. The number of anilines is 2.